The summed E-state index contributed by atoms with van der Waals surface area (Å²) in [7, 11) is 0. The van der Waals surface area contributed by atoms with Crippen LogP contribution in [0.1, 0.15) is 21.5 Å². The molecule has 0 unspecified atom stereocenters. The molecule has 2 aromatic carbocycles. The molecule has 0 spiro atoms. The summed E-state index contributed by atoms with van der Waals surface area (Å²) in [4.78, 5) is 16.1. The molecule has 0 aliphatic carbocycles. The minimum Gasteiger partial charge on any atom is -0.298 e. The minimum atomic E-state index is -5.07. The first-order chi connectivity index (χ1) is 12.4. The second kappa shape index (κ2) is 6.48. The van der Waals surface area contributed by atoms with Gasteiger partial charge in [0.25, 0.3) is 5.91 Å². The van der Waals surface area contributed by atoms with Crippen molar-refractivity contribution in [3.05, 3.63) is 58.9 Å². The Morgan fingerprint density at radius 2 is 1.52 bits per heavy atom. The molecule has 0 fully saturated rings. The van der Waals surface area contributed by atoms with Gasteiger partial charge >= 0.3 is 12.4 Å². The zero-order valence-corrected chi connectivity index (χ0v) is 13.7. The van der Waals surface area contributed by atoms with Crippen LogP contribution < -0.4 is 5.32 Å². The number of carbonyl (C=O) groups excluding carboxylic acids is 1. The van der Waals surface area contributed by atoms with Crippen molar-refractivity contribution < 1.29 is 35.5 Å². The number of rotatable bonds is 2. The number of aromatic nitrogens is 1. The zero-order valence-electron chi connectivity index (χ0n) is 12.9. The van der Waals surface area contributed by atoms with E-state index in [-0.39, 0.29) is 11.2 Å². The van der Waals surface area contributed by atoms with Crippen molar-refractivity contribution in [2.45, 2.75) is 12.4 Å². The van der Waals surface area contributed by atoms with Crippen LogP contribution >= 0.6 is 11.3 Å². The van der Waals surface area contributed by atoms with Gasteiger partial charge in [0.1, 0.15) is 5.82 Å². The molecule has 0 radical (unpaired) electrons. The number of nitrogens with zero attached hydrogens (tertiary/aromatic N) is 1. The number of thiazole rings is 1. The highest BCUT2D eigenvalue weighted by atomic mass is 32.1. The first-order valence-corrected chi connectivity index (χ1v) is 7.92. The van der Waals surface area contributed by atoms with E-state index in [0.29, 0.717) is 22.3 Å². The second-order valence-electron chi connectivity index (χ2n) is 5.38. The molecule has 27 heavy (non-hydrogen) atoms. The van der Waals surface area contributed by atoms with Gasteiger partial charge in [-0.05, 0) is 36.4 Å². The number of hydrogen-bond donors (Lipinski definition) is 1. The van der Waals surface area contributed by atoms with E-state index in [1.807, 2.05) is 0 Å². The van der Waals surface area contributed by atoms with Crippen molar-refractivity contribution in [3.63, 3.8) is 0 Å². The van der Waals surface area contributed by atoms with Crippen LogP contribution in [0.4, 0.5) is 35.9 Å². The lowest BCUT2D eigenvalue weighted by molar-refractivity contribution is -0.143. The van der Waals surface area contributed by atoms with Gasteiger partial charge in [-0.3, -0.25) is 10.1 Å². The summed E-state index contributed by atoms with van der Waals surface area (Å²) in [6, 6.07) is 4.14. The van der Waals surface area contributed by atoms with E-state index < -0.39 is 40.8 Å². The predicted molar refractivity (Wildman–Crippen MR) is 84.0 cm³/mol. The monoisotopic (exact) mass is 408 g/mol. The van der Waals surface area contributed by atoms with Gasteiger partial charge in [0.05, 0.1) is 21.3 Å². The number of halogens is 7. The number of anilines is 1. The van der Waals surface area contributed by atoms with E-state index in [9.17, 15) is 35.5 Å². The molecule has 1 N–H and O–H groups in total. The molecule has 11 heteroatoms. The minimum absolute atomic E-state index is 0.0722. The average molecular weight is 408 g/mol. The van der Waals surface area contributed by atoms with E-state index in [2.05, 4.69) is 10.3 Å². The Kier molecular flexibility index (Phi) is 4.58. The normalized spacial score (nSPS) is 12.4. The van der Waals surface area contributed by atoms with E-state index in [1.165, 1.54) is 6.07 Å². The molecule has 3 aromatic rings. The molecule has 142 valence electrons. The summed E-state index contributed by atoms with van der Waals surface area (Å²) in [6.45, 7) is 0. The number of benzene rings is 2. The molecular formula is C16H7F7N2OS. The molecule has 1 heterocycles. The Balaban J connectivity index is 1.97. The molecule has 0 bridgehead atoms. The van der Waals surface area contributed by atoms with Crippen LogP contribution in [0.25, 0.3) is 10.2 Å². The van der Waals surface area contributed by atoms with Crippen LogP contribution in [-0.2, 0) is 12.4 Å². The molecule has 0 atom stereocenters. The third kappa shape index (κ3) is 4.18. The number of fused-ring (bicyclic) bond motifs is 1. The molecule has 1 aromatic heterocycles. The van der Waals surface area contributed by atoms with E-state index >= 15 is 0 Å². The standard InChI is InChI=1S/C16H7F7N2OS/c17-10-1-2-11-12(6-10)27-14(24-11)25-13(26)7-3-8(15(18,19)20)5-9(4-7)16(21,22)23/h1-6H,(H,24,25,26). The first kappa shape index (κ1) is 19.1. The molecule has 0 aliphatic rings. The molecule has 1 amide bonds. The van der Waals surface area contributed by atoms with Gasteiger partial charge in [-0.15, -0.1) is 0 Å². The third-order valence-corrected chi connectivity index (χ3v) is 4.35. The highest BCUT2D eigenvalue weighted by Gasteiger charge is 2.37. The lowest BCUT2D eigenvalue weighted by atomic mass is 10.0. The summed E-state index contributed by atoms with van der Waals surface area (Å²) < 4.78 is 90.7. The lowest BCUT2D eigenvalue weighted by Gasteiger charge is -2.13. The van der Waals surface area contributed by atoms with Crippen molar-refractivity contribution in [2.75, 3.05) is 5.32 Å². The number of alkyl halides is 6. The predicted octanol–water partition coefficient (Wildman–Crippen LogP) is 5.73. The fraction of sp³-hybridized carbons (Fsp3) is 0.125. The summed E-state index contributed by atoms with van der Waals surface area (Å²) in [5.74, 6) is -1.76. The van der Waals surface area contributed by atoms with Crippen LogP contribution in [0.5, 0.6) is 0 Å². The Labute approximate surface area is 150 Å². The molecular weight excluding hydrogens is 401 g/mol. The number of carbonyl (C=O) groups is 1. The average Bonchev–Trinajstić information content (AvgIpc) is 2.94. The van der Waals surface area contributed by atoms with Crippen molar-refractivity contribution in [3.8, 4) is 0 Å². The Morgan fingerprint density at radius 1 is 0.926 bits per heavy atom. The lowest BCUT2D eigenvalue weighted by Crippen LogP contribution is -2.17. The largest absolute Gasteiger partial charge is 0.416 e. The first-order valence-electron chi connectivity index (χ1n) is 7.10. The van der Waals surface area contributed by atoms with Gasteiger partial charge in [-0.2, -0.15) is 26.3 Å². The van der Waals surface area contributed by atoms with Crippen LogP contribution in [0.2, 0.25) is 0 Å². The second-order valence-corrected chi connectivity index (χ2v) is 6.41. The van der Waals surface area contributed by atoms with Gasteiger partial charge in [-0.1, -0.05) is 11.3 Å². The number of hydrogen-bond acceptors (Lipinski definition) is 3. The smallest absolute Gasteiger partial charge is 0.298 e. The van der Waals surface area contributed by atoms with Crippen molar-refractivity contribution in [2.24, 2.45) is 0 Å². The van der Waals surface area contributed by atoms with Crippen LogP contribution in [0.15, 0.2) is 36.4 Å². The maximum atomic E-state index is 13.2. The molecule has 0 saturated heterocycles. The van der Waals surface area contributed by atoms with Gasteiger partial charge in [0.15, 0.2) is 5.13 Å². The van der Waals surface area contributed by atoms with Crippen molar-refractivity contribution in [1.29, 1.82) is 0 Å². The Hall–Kier alpha value is -2.69. The van der Waals surface area contributed by atoms with E-state index in [0.717, 1.165) is 23.5 Å². The van der Waals surface area contributed by atoms with Gasteiger partial charge < -0.3 is 0 Å². The summed E-state index contributed by atoms with van der Waals surface area (Å²) >= 11 is 0.826. The van der Waals surface area contributed by atoms with Gasteiger partial charge in [0, 0.05) is 5.56 Å². The fourth-order valence-corrected chi connectivity index (χ4v) is 3.09. The number of nitrogens with one attached hydrogen (secondary N) is 1. The molecule has 0 saturated carbocycles. The molecule has 3 rings (SSSR count). The molecule has 0 aliphatic heterocycles. The number of amides is 1. The summed E-state index contributed by atoms with van der Waals surface area (Å²) in [5, 5.41) is 2.04. The fourth-order valence-electron chi connectivity index (χ4n) is 2.21. The highest BCUT2D eigenvalue weighted by molar-refractivity contribution is 7.22. The third-order valence-electron chi connectivity index (χ3n) is 3.42. The topological polar surface area (TPSA) is 42.0 Å². The SMILES string of the molecule is O=C(Nc1nc2ccc(F)cc2s1)c1cc(C(F)(F)F)cc(C(F)(F)F)c1. The van der Waals surface area contributed by atoms with Crippen LogP contribution in [0.3, 0.4) is 0 Å². The van der Waals surface area contributed by atoms with Crippen molar-refractivity contribution in [1.82, 2.24) is 4.98 Å². The molecule has 3 nitrogen and oxygen atoms in total. The summed E-state index contributed by atoms with van der Waals surface area (Å²) in [5.41, 5.74) is -3.72. The summed E-state index contributed by atoms with van der Waals surface area (Å²) in [6.07, 6.45) is -10.1. The van der Waals surface area contributed by atoms with Gasteiger partial charge in [-0.25, -0.2) is 9.37 Å². The van der Waals surface area contributed by atoms with E-state index in [4.69, 9.17) is 0 Å². The van der Waals surface area contributed by atoms with Gasteiger partial charge in [0.2, 0.25) is 0 Å². The van der Waals surface area contributed by atoms with Crippen LogP contribution in [0, 0.1) is 5.82 Å². The highest BCUT2D eigenvalue weighted by Crippen LogP contribution is 2.36. The zero-order chi connectivity index (χ0) is 20.0. The van der Waals surface area contributed by atoms with E-state index in [1.54, 1.807) is 0 Å². The Bertz CT molecular complexity index is 992. The quantitative estimate of drug-likeness (QED) is 0.551. The maximum absolute atomic E-state index is 13.2. The Morgan fingerprint density at radius 3 is 2.07 bits per heavy atom. The van der Waals surface area contributed by atoms with Crippen LogP contribution in [-0.4, -0.2) is 10.9 Å². The maximum Gasteiger partial charge on any atom is 0.416 e. The van der Waals surface area contributed by atoms with Crippen molar-refractivity contribution >= 4 is 32.6 Å².